The Morgan fingerprint density at radius 2 is 1.67 bits per heavy atom. The van der Waals surface area contributed by atoms with E-state index in [4.69, 9.17) is 0 Å². The predicted molar refractivity (Wildman–Crippen MR) is 68.8 cm³/mol. The fraction of sp³-hybridized carbons (Fsp3) is 0.875. The maximum Gasteiger partial charge on any atom is 0.248 e. The van der Waals surface area contributed by atoms with Gasteiger partial charge in [-0.2, -0.15) is 4.74 Å². The van der Waals surface area contributed by atoms with Crippen LogP contribution in [0.2, 0.25) is 0 Å². The molecular formula is C8H12Br3N2O2. The van der Waals surface area contributed by atoms with Crippen molar-refractivity contribution in [1.82, 2.24) is 5.06 Å². The minimum atomic E-state index is -1.10. The van der Waals surface area contributed by atoms with E-state index in [-0.39, 0.29) is 0 Å². The molecule has 0 aromatic carbocycles. The van der Waals surface area contributed by atoms with Gasteiger partial charge in [0.25, 0.3) is 0 Å². The van der Waals surface area contributed by atoms with Crippen LogP contribution in [0.4, 0.5) is 0 Å². The first-order valence-electron chi connectivity index (χ1n) is 4.33. The van der Waals surface area contributed by atoms with Crippen molar-refractivity contribution in [3.8, 4) is 0 Å². The number of hydrogen-bond donors (Lipinski definition) is 0. The van der Waals surface area contributed by atoms with E-state index in [9.17, 15) is 10.4 Å². The molecule has 7 heteroatoms. The Hall–Kier alpha value is 0.830. The van der Waals surface area contributed by atoms with Gasteiger partial charge in [0.2, 0.25) is 13.5 Å². The number of nitrogens with zero attached hydrogens (tertiary/aromatic N) is 2. The number of alkyl halides is 3. The summed E-state index contributed by atoms with van der Waals surface area (Å²) in [6.45, 7) is 6.63. The quantitative estimate of drug-likeness (QED) is 0.352. The molecule has 15 heavy (non-hydrogen) atoms. The molecule has 0 amide bonds. The summed E-state index contributed by atoms with van der Waals surface area (Å²) in [7, 11) is 0. The molecule has 1 rings (SSSR count). The van der Waals surface area contributed by atoms with E-state index in [1.54, 1.807) is 27.7 Å². The normalized spacial score (nSPS) is 26.1. The lowest BCUT2D eigenvalue weighted by Gasteiger charge is -2.28. The molecule has 0 aliphatic carbocycles. The molecule has 0 saturated carbocycles. The molecular weight excluding hydrogens is 396 g/mol. The van der Waals surface area contributed by atoms with Gasteiger partial charge >= 0.3 is 0 Å². The molecule has 0 fully saturated rings. The van der Waals surface area contributed by atoms with Gasteiger partial charge in [-0.05, 0) is 61.6 Å². The first kappa shape index (κ1) is 13.9. The van der Waals surface area contributed by atoms with Crippen LogP contribution in [0.1, 0.15) is 27.7 Å². The second kappa shape index (κ2) is 3.66. The lowest BCUT2D eigenvalue weighted by atomic mass is 10.00. The average Bonchev–Trinajstić information content (AvgIpc) is 2.09. The minimum Gasteiger partial charge on any atom is -0.622 e. The number of hydroxylamine groups is 3. The molecule has 0 atom stereocenters. The number of rotatable bonds is 0. The molecule has 0 N–H and O–H groups in total. The zero-order valence-corrected chi connectivity index (χ0v) is 13.6. The van der Waals surface area contributed by atoms with Gasteiger partial charge in [0.05, 0.1) is 0 Å². The minimum absolute atomic E-state index is 0.398. The number of halogens is 3. The highest BCUT2D eigenvalue weighted by Gasteiger charge is 2.62. The first-order chi connectivity index (χ1) is 6.43. The van der Waals surface area contributed by atoms with E-state index in [0.29, 0.717) is 5.71 Å². The summed E-state index contributed by atoms with van der Waals surface area (Å²) in [5.74, 6) is 0. The number of hydrogen-bond acceptors (Lipinski definition) is 2. The zero-order chi connectivity index (χ0) is 12.2. The van der Waals surface area contributed by atoms with E-state index in [0.717, 1.165) is 9.80 Å². The Morgan fingerprint density at radius 1 is 1.27 bits per heavy atom. The summed E-state index contributed by atoms with van der Waals surface area (Å²) in [6.07, 6.45) is 0. The van der Waals surface area contributed by atoms with Crippen LogP contribution in [-0.4, -0.2) is 28.9 Å². The van der Waals surface area contributed by atoms with Gasteiger partial charge in [-0.1, -0.05) is 5.06 Å². The molecule has 1 radical (unpaired) electrons. The summed E-state index contributed by atoms with van der Waals surface area (Å²) in [4.78, 5) is 0. The van der Waals surface area contributed by atoms with Crippen molar-refractivity contribution in [2.45, 2.75) is 41.0 Å². The zero-order valence-electron chi connectivity index (χ0n) is 8.84. The Labute approximate surface area is 114 Å². The van der Waals surface area contributed by atoms with Crippen molar-refractivity contribution < 1.29 is 9.95 Å². The van der Waals surface area contributed by atoms with Gasteiger partial charge in [0.1, 0.15) is 5.54 Å². The largest absolute Gasteiger partial charge is 0.622 e. The highest BCUT2D eigenvalue weighted by Crippen LogP contribution is 2.45. The molecule has 1 heterocycles. The van der Waals surface area contributed by atoms with Gasteiger partial charge in [0, 0.05) is 13.8 Å². The monoisotopic (exact) mass is 405 g/mol. The Balaban J connectivity index is 3.41. The van der Waals surface area contributed by atoms with Gasteiger partial charge in [-0.15, -0.1) is 5.21 Å². The van der Waals surface area contributed by atoms with Crippen LogP contribution >= 0.6 is 47.8 Å². The van der Waals surface area contributed by atoms with Gasteiger partial charge in [-0.3, -0.25) is 0 Å². The Bertz CT molecular complexity index is 320. The molecule has 4 nitrogen and oxygen atoms in total. The van der Waals surface area contributed by atoms with Gasteiger partial charge < -0.3 is 5.21 Å². The summed E-state index contributed by atoms with van der Waals surface area (Å²) in [5.41, 5.74) is -1.57. The lowest BCUT2D eigenvalue weighted by Crippen LogP contribution is -2.51. The van der Waals surface area contributed by atoms with Crippen LogP contribution in [0.15, 0.2) is 0 Å². The van der Waals surface area contributed by atoms with Crippen molar-refractivity contribution in [2.24, 2.45) is 0 Å². The molecule has 87 valence electrons. The maximum atomic E-state index is 12.0. The fourth-order valence-electron chi connectivity index (χ4n) is 1.85. The third-order valence-electron chi connectivity index (χ3n) is 2.55. The topological polar surface area (TPSA) is 49.2 Å². The van der Waals surface area contributed by atoms with Crippen molar-refractivity contribution in [1.29, 1.82) is 0 Å². The average molecular weight is 408 g/mol. The van der Waals surface area contributed by atoms with Crippen LogP contribution in [0.5, 0.6) is 0 Å². The lowest BCUT2D eigenvalue weighted by molar-refractivity contribution is -0.587. The summed E-state index contributed by atoms with van der Waals surface area (Å²) >= 11 is 9.87. The van der Waals surface area contributed by atoms with E-state index >= 15 is 0 Å². The van der Waals surface area contributed by atoms with Crippen molar-refractivity contribution >= 4 is 53.5 Å². The molecule has 1 aliphatic rings. The molecule has 0 spiro atoms. The van der Waals surface area contributed by atoms with Crippen molar-refractivity contribution in [3.05, 3.63) is 5.21 Å². The molecule has 0 aromatic rings. The highest BCUT2D eigenvalue weighted by atomic mass is 80.0. The van der Waals surface area contributed by atoms with Crippen LogP contribution in [0, 0.1) is 5.21 Å². The molecule has 0 bridgehead atoms. The SMILES string of the molecule is CC1(C)C(C(Br)(Br)Br)=[N+]([O-])C(C)(C)N1[O]. The van der Waals surface area contributed by atoms with Crippen LogP contribution in [0.25, 0.3) is 0 Å². The Morgan fingerprint density at radius 3 is 1.80 bits per heavy atom. The van der Waals surface area contributed by atoms with Crippen molar-refractivity contribution in [3.63, 3.8) is 0 Å². The highest BCUT2D eigenvalue weighted by molar-refractivity contribution is 9.40. The third-order valence-corrected chi connectivity index (χ3v) is 3.68. The van der Waals surface area contributed by atoms with Gasteiger partial charge in [0.15, 0.2) is 0 Å². The van der Waals surface area contributed by atoms with Gasteiger partial charge in [-0.25, -0.2) is 0 Å². The molecule has 0 unspecified atom stereocenters. The van der Waals surface area contributed by atoms with E-state index < -0.39 is 13.3 Å². The first-order valence-corrected chi connectivity index (χ1v) is 6.71. The van der Waals surface area contributed by atoms with Crippen LogP contribution in [0.3, 0.4) is 0 Å². The molecule has 0 aromatic heterocycles. The van der Waals surface area contributed by atoms with Crippen LogP contribution < -0.4 is 0 Å². The smallest absolute Gasteiger partial charge is 0.248 e. The van der Waals surface area contributed by atoms with E-state index in [1.807, 2.05) is 0 Å². The van der Waals surface area contributed by atoms with E-state index in [1.165, 1.54) is 0 Å². The second-order valence-corrected chi connectivity index (χ2v) is 11.2. The van der Waals surface area contributed by atoms with Crippen LogP contribution in [-0.2, 0) is 5.21 Å². The fourth-order valence-corrected chi connectivity index (χ4v) is 3.79. The van der Waals surface area contributed by atoms with E-state index in [2.05, 4.69) is 47.8 Å². The third kappa shape index (κ3) is 2.01. The Kier molecular flexibility index (Phi) is 3.39. The summed E-state index contributed by atoms with van der Waals surface area (Å²) in [5, 5.41) is 24.9. The second-order valence-electron chi connectivity index (χ2n) is 4.49. The molecule has 1 aliphatic heterocycles. The predicted octanol–water partition coefficient (Wildman–Crippen LogP) is 2.95. The standard InChI is InChI=1S/C8H12Br3N2O2/c1-6(2)5(8(9,10)11)12(14)7(3,4)13(6)15/h1-4H3. The maximum absolute atomic E-state index is 12.0. The summed E-state index contributed by atoms with van der Waals surface area (Å²) < 4.78 is -0.118. The molecule has 0 saturated heterocycles. The van der Waals surface area contributed by atoms with Crippen molar-refractivity contribution in [2.75, 3.05) is 0 Å². The summed E-state index contributed by atoms with van der Waals surface area (Å²) in [6, 6.07) is 0.